The summed E-state index contributed by atoms with van der Waals surface area (Å²) < 4.78 is 18.2. The first kappa shape index (κ1) is 18.0. The van der Waals surface area contributed by atoms with Gasteiger partial charge in [-0.25, -0.2) is 0 Å². The minimum absolute atomic E-state index is 0.0154. The van der Waals surface area contributed by atoms with E-state index in [9.17, 15) is 9.90 Å². The van der Waals surface area contributed by atoms with Gasteiger partial charge in [-0.05, 0) is 57.1 Å². The van der Waals surface area contributed by atoms with Crippen LogP contribution in [0, 0.1) is 11.3 Å². The predicted molar refractivity (Wildman–Crippen MR) is 99.6 cm³/mol. The molecule has 1 aromatic rings. The summed E-state index contributed by atoms with van der Waals surface area (Å²) in [6.45, 7) is 8.47. The summed E-state index contributed by atoms with van der Waals surface area (Å²) in [6, 6.07) is 5.90. The van der Waals surface area contributed by atoms with E-state index < -0.39 is 19.3 Å². The molecule has 0 spiro atoms. The second kappa shape index (κ2) is 5.56. The highest BCUT2D eigenvalue weighted by molar-refractivity contribution is 6.69. The lowest BCUT2D eigenvalue weighted by molar-refractivity contribution is -0.161. The van der Waals surface area contributed by atoms with Gasteiger partial charge >= 0.3 is 5.97 Å². The van der Waals surface area contributed by atoms with Crippen LogP contribution in [-0.4, -0.2) is 39.2 Å². The summed E-state index contributed by atoms with van der Waals surface area (Å²) >= 11 is 0. The van der Waals surface area contributed by atoms with Crippen LogP contribution >= 0.6 is 0 Å². The fraction of sp³-hybridized carbons (Fsp3) is 0.650. The molecule has 0 unspecified atom stereocenters. The molecule has 4 rings (SSSR count). The Morgan fingerprint density at radius 1 is 1.35 bits per heavy atom. The molecule has 2 fully saturated rings. The maximum atomic E-state index is 12.9. The number of carbonyl (C=O) groups is 1. The van der Waals surface area contributed by atoms with E-state index in [1.54, 1.807) is 7.11 Å². The number of aliphatic hydroxyl groups is 1. The van der Waals surface area contributed by atoms with Gasteiger partial charge in [-0.3, -0.25) is 4.79 Å². The largest absolute Gasteiger partial charge is 0.497 e. The van der Waals surface area contributed by atoms with Gasteiger partial charge in [-0.2, -0.15) is 0 Å². The van der Waals surface area contributed by atoms with E-state index >= 15 is 0 Å². The fourth-order valence-corrected chi connectivity index (χ4v) is 6.67. The average molecular weight is 377 g/mol. The Bertz CT molecular complexity index is 757. The number of aliphatic hydroxyl groups excluding tert-OH is 1. The minimum Gasteiger partial charge on any atom is -0.497 e. The first-order valence-electron chi connectivity index (χ1n) is 9.38. The Balaban J connectivity index is 1.93. The van der Waals surface area contributed by atoms with Crippen LogP contribution in [0.5, 0.6) is 5.75 Å². The van der Waals surface area contributed by atoms with Crippen molar-refractivity contribution in [3.63, 3.8) is 0 Å². The van der Waals surface area contributed by atoms with Gasteiger partial charge in [0.2, 0.25) is 0 Å². The third-order valence-electron chi connectivity index (χ3n) is 6.45. The van der Waals surface area contributed by atoms with Crippen molar-refractivity contribution in [2.45, 2.75) is 57.0 Å². The normalized spacial score (nSPS) is 37.9. The Kier molecular flexibility index (Phi) is 3.85. The number of carbonyl (C=O) groups excluding carboxylic acids is 1. The van der Waals surface area contributed by atoms with Crippen molar-refractivity contribution in [2.75, 3.05) is 13.7 Å². The second-order valence-electron chi connectivity index (χ2n) is 9.08. The minimum atomic E-state index is -1.85. The third-order valence-corrected chi connectivity index (χ3v) is 7.45. The fourth-order valence-electron chi connectivity index (χ4n) is 5.53. The second-order valence-corrected chi connectivity index (χ2v) is 13.5. The lowest BCUT2D eigenvalue weighted by Crippen LogP contribution is -2.53. The van der Waals surface area contributed by atoms with E-state index in [1.807, 2.05) is 25.1 Å². The molecule has 6 heteroatoms. The summed E-state index contributed by atoms with van der Waals surface area (Å²) in [4.78, 5) is 12.9. The molecule has 0 aromatic heterocycles. The average Bonchev–Trinajstić information content (AvgIpc) is 2.95. The maximum Gasteiger partial charge on any atom is 0.313 e. The van der Waals surface area contributed by atoms with E-state index in [-0.39, 0.29) is 30.5 Å². The summed E-state index contributed by atoms with van der Waals surface area (Å²) in [5.74, 6) is 0.352. The molecule has 1 saturated heterocycles. The van der Waals surface area contributed by atoms with Crippen molar-refractivity contribution >= 4 is 14.3 Å². The van der Waals surface area contributed by atoms with Crippen molar-refractivity contribution in [2.24, 2.45) is 11.3 Å². The lowest BCUT2D eigenvalue weighted by Gasteiger charge is -2.46. The van der Waals surface area contributed by atoms with Crippen molar-refractivity contribution in [1.82, 2.24) is 0 Å². The van der Waals surface area contributed by atoms with Crippen LogP contribution < -0.4 is 4.74 Å². The molecule has 142 valence electrons. The number of fused-ring (bicyclic) bond motifs is 1. The van der Waals surface area contributed by atoms with Crippen LogP contribution in [0.2, 0.25) is 19.6 Å². The maximum absolute atomic E-state index is 12.9. The Morgan fingerprint density at radius 2 is 2.08 bits per heavy atom. The molecule has 26 heavy (non-hydrogen) atoms. The smallest absolute Gasteiger partial charge is 0.313 e. The highest BCUT2D eigenvalue weighted by Gasteiger charge is 2.74. The molecule has 2 bridgehead atoms. The van der Waals surface area contributed by atoms with E-state index in [1.165, 1.54) is 0 Å². The number of rotatable bonds is 4. The molecular weight excluding hydrogens is 348 g/mol. The number of ether oxygens (including phenoxy) is 2. The van der Waals surface area contributed by atoms with E-state index in [4.69, 9.17) is 13.9 Å². The highest BCUT2D eigenvalue weighted by Crippen LogP contribution is 2.69. The molecule has 1 aromatic carbocycles. The highest BCUT2D eigenvalue weighted by atomic mass is 28.4. The van der Waals surface area contributed by atoms with Gasteiger partial charge in [0.1, 0.15) is 5.75 Å². The van der Waals surface area contributed by atoms with Crippen LogP contribution in [-0.2, 0) is 19.6 Å². The molecular formula is C20H28O5Si. The van der Waals surface area contributed by atoms with Gasteiger partial charge in [0.15, 0.2) is 13.9 Å². The molecule has 0 radical (unpaired) electrons. The molecule has 2 aliphatic carbocycles. The van der Waals surface area contributed by atoms with Gasteiger partial charge in [0, 0.05) is 17.4 Å². The number of hydrogen-bond donors (Lipinski definition) is 1. The van der Waals surface area contributed by atoms with Crippen LogP contribution in [0.25, 0.3) is 0 Å². The van der Waals surface area contributed by atoms with Gasteiger partial charge in [0.25, 0.3) is 0 Å². The first-order chi connectivity index (χ1) is 12.2. The molecule has 1 heterocycles. The van der Waals surface area contributed by atoms with E-state index in [2.05, 4.69) is 19.6 Å². The molecule has 5 nitrogen and oxygen atoms in total. The molecule has 5 atom stereocenters. The molecule has 0 amide bonds. The van der Waals surface area contributed by atoms with Crippen LogP contribution in [0.4, 0.5) is 0 Å². The standard InChI is InChI=1S/C20H28O5Si/c1-19-9-8-16(25-26(3,4)5)20(24-18(19)22)15-7-6-12(23-2)10-13(15)14(11-21)17(19)20/h6-7,10,14,16-17,21H,8-9,11H2,1-5H3/t14-,16-,17-,19+,20+/m1/s1. The Hall–Kier alpha value is -1.37. The topological polar surface area (TPSA) is 65.0 Å². The zero-order valence-corrected chi connectivity index (χ0v) is 17.2. The first-order valence-corrected chi connectivity index (χ1v) is 12.8. The van der Waals surface area contributed by atoms with Crippen LogP contribution in [0.15, 0.2) is 18.2 Å². The van der Waals surface area contributed by atoms with Gasteiger partial charge in [-0.15, -0.1) is 0 Å². The molecule has 3 aliphatic rings. The van der Waals surface area contributed by atoms with Crippen LogP contribution in [0.3, 0.4) is 0 Å². The zero-order valence-electron chi connectivity index (χ0n) is 16.2. The quantitative estimate of drug-likeness (QED) is 0.646. The summed E-state index contributed by atoms with van der Waals surface area (Å²) in [6.07, 6.45) is 1.36. The Morgan fingerprint density at radius 3 is 2.69 bits per heavy atom. The van der Waals surface area contributed by atoms with Gasteiger partial charge in [0.05, 0.1) is 25.2 Å². The van der Waals surface area contributed by atoms with Crippen molar-refractivity contribution in [3.8, 4) is 5.75 Å². The number of hydrogen-bond acceptors (Lipinski definition) is 5. The SMILES string of the molecule is COc1ccc2c(c1)[C@@H](CO)[C@H]1[C@]23OC(=O)[C@@]1(C)CC[C@H]3O[Si](C)(C)C. The number of esters is 1. The summed E-state index contributed by atoms with van der Waals surface area (Å²) in [5, 5.41) is 10.3. The van der Waals surface area contributed by atoms with Crippen molar-refractivity contribution in [1.29, 1.82) is 0 Å². The zero-order chi connectivity index (χ0) is 18.9. The summed E-state index contributed by atoms with van der Waals surface area (Å²) in [5.41, 5.74) is 0.641. The lowest BCUT2D eigenvalue weighted by atomic mass is 9.60. The molecule has 1 N–H and O–H groups in total. The van der Waals surface area contributed by atoms with Gasteiger partial charge < -0.3 is 19.0 Å². The molecule has 1 aliphatic heterocycles. The Labute approximate surface area is 155 Å². The monoisotopic (exact) mass is 376 g/mol. The van der Waals surface area contributed by atoms with E-state index in [0.717, 1.165) is 29.7 Å². The number of methoxy groups -OCH3 is 1. The number of benzene rings is 1. The molecule has 1 saturated carbocycles. The van der Waals surface area contributed by atoms with Crippen molar-refractivity contribution < 1.29 is 23.8 Å². The van der Waals surface area contributed by atoms with E-state index in [0.29, 0.717) is 0 Å². The van der Waals surface area contributed by atoms with Crippen LogP contribution in [0.1, 0.15) is 36.8 Å². The third kappa shape index (κ3) is 2.18. The van der Waals surface area contributed by atoms with Gasteiger partial charge in [-0.1, -0.05) is 6.07 Å². The predicted octanol–water partition coefficient (Wildman–Crippen LogP) is 3.17. The summed E-state index contributed by atoms with van der Waals surface area (Å²) in [7, 11) is -0.206. The van der Waals surface area contributed by atoms with Crippen molar-refractivity contribution in [3.05, 3.63) is 29.3 Å².